The second kappa shape index (κ2) is 7.05. The lowest BCUT2D eigenvalue weighted by Gasteiger charge is -2.09. The number of benzene rings is 2. The number of carbonyl (C=O) groups is 1. The highest BCUT2D eigenvalue weighted by atomic mass is 35.5. The number of hydrogen-bond acceptors (Lipinski definition) is 3. The van der Waals surface area contributed by atoms with Crippen LogP contribution < -0.4 is 11.1 Å². The van der Waals surface area contributed by atoms with E-state index >= 15 is 0 Å². The van der Waals surface area contributed by atoms with E-state index in [1.54, 1.807) is 6.20 Å². The van der Waals surface area contributed by atoms with Crippen molar-refractivity contribution in [3.63, 3.8) is 0 Å². The van der Waals surface area contributed by atoms with Crippen LogP contribution in [-0.4, -0.2) is 10.9 Å². The number of nitrogens with two attached hydrogens (primary N) is 1. The first-order chi connectivity index (χ1) is 13.0. The number of anilines is 2. The molecular formula is C22H20ClN3O. The van der Waals surface area contributed by atoms with Crippen molar-refractivity contribution < 1.29 is 4.79 Å². The van der Waals surface area contributed by atoms with Crippen LogP contribution in [-0.2, 0) is 0 Å². The first-order valence-electron chi connectivity index (χ1n) is 8.90. The number of rotatable bonds is 4. The Morgan fingerprint density at radius 1 is 1.15 bits per heavy atom. The maximum Gasteiger partial charge on any atom is 0.255 e. The number of nitrogens with zero attached hydrogens (tertiary/aromatic N) is 1. The average Bonchev–Trinajstić information content (AvgIpc) is 3.44. The van der Waals surface area contributed by atoms with Crippen LogP contribution in [0.25, 0.3) is 0 Å². The van der Waals surface area contributed by atoms with E-state index in [0.29, 0.717) is 28.2 Å². The minimum absolute atomic E-state index is 0.105. The van der Waals surface area contributed by atoms with Crippen LogP contribution in [0.2, 0.25) is 5.02 Å². The molecule has 1 aromatic heterocycles. The molecule has 0 radical (unpaired) electrons. The van der Waals surface area contributed by atoms with Gasteiger partial charge in [-0.15, -0.1) is 0 Å². The Morgan fingerprint density at radius 3 is 2.78 bits per heavy atom. The number of nitrogens with one attached hydrogen (secondary N) is 1. The number of hydrogen-bond donors (Lipinski definition) is 2. The van der Waals surface area contributed by atoms with E-state index in [1.165, 1.54) is 5.56 Å². The summed E-state index contributed by atoms with van der Waals surface area (Å²) in [4.78, 5) is 16.6. The minimum atomic E-state index is -0.105. The Labute approximate surface area is 163 Å². The van der Waals surface area contributed by atoms with Crippen LogP contribution >= 0.6 is 11.6 Å². The normalized spacial score (nSPS) is 18.1. The van der Waals surface area contributed by atoms with E-state index in [2.05, 4.69) is 16.4 Å². The Hall–Kier alpha value is -2.85. The van der Waals surface area contributed by atoms with Gasteiger partial charge in [0, 0.05) is 17.4 Å². The molecule has 1 amide bonds. The predicted molar refractivity (Wildman–Crippen MR) is 109 cm³/mol. The molecule has 0 aliphatic heterocycles. The van der Waals surface area contributed by atoms with Gasteiger partial charge in [-0.1, -0.05) is 41.4 Å². The highest BCUT2D eigenvalue weighted by Gasteiger charge is 2.41. The van der Waals surface area contributed by atoms with Crippen molar-refractivity contribution in [2.75, 3.05) is 11.1 Å². The fraction of sp³-hybridized carbons (Fsp3) is 0.182. The highest BCUT2D eigenvalue weighted by Crippen LogP contribution is 2.56. The summed E-state index contributed by atoms with van der Waals surface area (Å²) in [5, 5.41) is 3.59. The molecule has 1 fully saturated rings. The third-order valence-corrected chi connectivity index (χ3v) is 5.17. The highest BCUT2D eigenvalue weighted by molar-refractivity contribution is 6.30. The van der Waals surface area contributed by atoms with Gasteiger partial charge >= 0.3 is 0 Å². The lowest BCUT2D eigenvalue weighted by Crippen LogP contribution is -2.12. The predicted octanol–water partition coefficient (Wildman–Crippen LogP) is 5.15. The van der Waals surface area contributed by atoms with Crippen molar-refractivity contribution in [2.45, 2.75) is 25.2 Å². The molecule has 2 aromatic carbocycles. The van der Waals surface area contributed by atoms with Gasteiger partial charge in [0.15, 0.2) is 0 Å². The van der Waals surface area contributed by atoms with E-state index in [4.69, 9.17) is 17.3 Å². The van der Waals surface area contributed by atoms with Crippen LogP contribution in [0.1, 0.15) is 45.3 Å². The summed E-state index contributed by atoms with van der Waals surface area (Å²) in [5.41, 5.74) is 10.7. The molecule has 4 rings (SSSR count). The molecule has 5 heteroatoms. The van der Waals surface area contributed by atoms with Gasteiger partial charge in [-0.2, -0.15) is 0 Å². The minimum Gasteiger partial charge on any atom is -0.383 e. The zero-order valence-corrected chi connectivity index (χ0v) is 15.7. The Morgan fingerprint density at radius 2 is 1.96 bits per heavy atom. The summed E-state index contributed by atoms with van der Waals surface area (Å²) in [7, 11) is 0. The second-order valence-electron chi connectivity index (χ2n) is 7.03. The monoisotopic (exact) mass is 377 g/mol. The van der Waals surface area contributed by atoms with Crippen LogP contribution in [0.5, 0.6) is 0 Å². The number of aromatic nitrogens is 1. The quantitative estimate of drug-likeness (QED) is 0.660. The molecule has 136 valence electrons. The second-order valence-corrected chi connectivity index (χ2v) is 7.46. The summed E-state index contributed by atoms with van der Waals surface area (Å²) in [5.74, 6) is 1.12. The topological polar surface area (TPSA) is 68.0 Å². The molecule has 2 atom stereocenters. The SMILES string of the molecule is Cc1cccc(C(=O)Nc2cccc(C3CC3c3cc(Cl)cnc3N)c2)c1. The smallest absolute Gasteiger partial charge is 0.255 e. The standard InChI is InChI=1S/C22H20ClN3O/c1-13-4-2-6-15(8-13)22(27)26-17-7-3-5-14(9-17)18-11-19(18)20-10-16(23)12-25-21(20)24/h2-10,12,18-19H,11H2,1H3,(H2,24,25)(H,26,27). The molecule has 0 bridgehead atoms. The first-order valence-corrected chi connectivity index (χ1v) is 9.28. The van der Waals surface area contributed by atoms with Gasteiger partial charge in [-0.3, -0.25) is 4.79 Å². The molecule has 27 heavy (non-hydrogen) atoms. The number of amides is 1. The van der Waals surface area contributed by atoms with Crippen molar-refractivity contribution in [3.8, 4) is 0 Å². The molecule has 1 saturated carbocycles. The van der Waals surface area contributed by atoms with Crippen LogP contribution in [0.4, 0.5) is 11.5 Å². The lowest BCUT2D eigenvalue weighted by molar-refractivity contribution is 0.102. The van der Waals surface area contributed by atoms with Gasteiger partial charge in [0.25, 0.3) is 5.91 Å². The molecule has 1 aliphatic carbocycles. The van der Waals surface area contributed by atoms with E-state index in [0.717, 1.165) is 23.2 Å². The molecule has 2 unspecified atom stereocenters. The maximum atomic E-state index is 12.5. The fourth-order valence-corrected chi connectivity index (χ4v) is 3.67. The van der Waals surface area contributed by atoms with E-state index in [-0.39, 0.29) is 5.91 Å². The van der Waals surface area contributed by atoms with Crippen LogP contribution in [0.15, 0.2) is 60.8 Å². The average molecular weight is 378 g/mol. The van der Waals surface area contributed by atoms with Gasteiger partial charge in [0.2, 0.25) is 0 Å². The number of halogens is 1. The molecule has 1 aliphatic rings. The lowest BCUT2D eigenvalue weighted by atomic mass is 10.0. The number of aryl methyl sites for hydroxylation is 1. The number of nitrogen functional groups attached to an aromatic ring is 1. The summed E-state index contributed by atoms with van der Waals surface area (Å²) >= 11 is 6.07. The van der Waals surface area contributed by atoms with Crippen molar-refractivity contribution in [1.82, 2.24) is 4.98 Å². The van der Waals surface area contributed by atoms with Gasteiger partial charge < -0.3 is 11.1 Å². The van der Waals surface area contributed by atoms with Crippen molar-refractivity contribution in [2.24, 2.45) is 0 Å². The molecule has 4 nitrogen and oxygen atoms in total. The van der Waals surface area contributed by atoms with Crippen molar-refractivity contribution in [3.05, 3.63) is 88.1 Å². The van der Waals surface area contributed by atoms with E-state index in [9.17, 15) is 4.79 Å². The molecule has 0 saturated heterocycles. The summed E-state index contributed by atoms with van der Waals surface area (Å²) in [6.07, 6.45) is 2.57. The van der Waals surface area contributed by atoms with E-state index < -0.39 is 0 Å². The zero-order chi connectivity index (χ0) is 19.0. The maximum absolute atomic E-state index is 12.5. The zero-order valence-electron chi connectivity index (χ0n) is 14.9. The van der Waals surface area contributed by atoms with Gasteiger partial charge in [-0.05, 0) is 66.6 Å². The van der Waals surface area contributed by atoms with Gasteiger partial charge in [-0.25, -0.2) is 4.98 Å². The molecular weight excluding hydrogens is 358 g/mol. The third-order valence-electron chi connectivity index (χ3n) is 4.96. The van der Waals surface area contributed by atoms with Crippen LogP contribution in [0, 0.1) is 6.92 Å². The van der Waals surface area contributed by atoms with Crippen molar-refractivity contribution in [1.29, 1.82) is 0 Å². The summed E-state index contributed by atoms with van der Waals surface area (Å²) in [6, 6.07) is 17.5. The third kappa shape index (κ3) is 3.81. The number of carbonyl (C=O) groups excluding carboxylic acids is 1. The number of pyridine rings is 1. The molecule has 3 aromatic rings. The molecule has 3 N–H and O–H groups in total. The van der Waals surface area contributed by atoms with Gasteiger partial charge in [0.1, 0.15) is 5.82 Å². The first kappa shape index (κ1) is 17.6. The van der Waals surface area contributed by atoms with E-state index in [1.807, 2.05) is 55.5 Å². The summed E-state index contributed by atoms with van der Waals surface area (Å²) < 4.78 is 0. The fourth-order valence-electron chi connectivity index (χ4n) is 3.51. The van der Waals surface area contributed by atoms with Gasteiger partial charge in [0.05, 0.1) is 5.02 Å². The Bertz CT molecular complexity index is 1020. The Balaban J connectivity index is 1.50. The molecule has 1 heterocycles. The van der Waals surface area contributed by atoms with Crippen molar-refractivity contribution >= 4 is 29.0 Å². The summed E-state index contributed by atoms with van der Waals surface area (Å²) in [6.45, 7) is 1.97. The molecule has 0 spiro atoms. The largest absolute Gasteiger partial charge is 0.383 e. The Kier molecular flexibility index (Phi) is 4.58. The van der Waals surface area contributed by atoms with Crippen LogP contribution in [0.3, 0.4) is 0 Å².